The molecule has 146 valence electrons. The molecule has 2 aromatic carbocycles. The summed E-state index contributed by atoms with van der Waals surface area (Å²) in [6.07, 6.45) is 1.79. The van der Waals surface area contributed by atoms with E-state index in [0.717, 1.165) is 16.6 Å². The van der Waals surface area contributed by atoms with Gasteiger partial charge in [0.15, 0.2) is 0 Å². The number of fused-ring (bicyclic) bond motifs is 1. The van der Waals surface area contributed by atoms with E-state index in [1.807, 2.05) is 24.3 Å². The van der Waals surface area contributed by atoms with Crippen LogP contribution in [0.25, 0.3) is 28.0 Å². The number of H-pyrrole nitrogens is 1. The second-order valence-corrected chi connectivity index (χ2v) is 7.14. The van der Waals surface area contributed by atoms with Crippen molar-refractivity contribution < 1.29 is 9.53 Å². The van der Waals surface area contributed by atoms with Crippen LogP contribution in [0, 0.1) is 0 Å². The molecule has 1 aliphatic heterocycles. The molecular weight excluding hydrogens is 392 g/mol. The van der Waals surface area contributed by atoms with Crippen molar-refractivity contribution in [3.8, 4) is 17.1 Å². The van der Waals surface area contributed by atoms with Crippen molar-refractivity contribution in [1.29, 1.82) is 0 Å². The number of halogens is 1. The normalized spacial score (nSPS) is 14.4. The molecule has 1 aliphatic rings. The van der Waals surface area contributed by atoms with Gasteiger partial charge in [-0.05, 0) is 24.3 Å². The van der Waals surface area contributed by atoms with Gasteiger partial charge in [0.2, 0.25) is 0 Å². The quantitative estimate of drug-likeness (QED) is 0.563. The number of nitrogens with one attached hydrogen (secondary N) is 1. The van der Waals surface area contributed by atoms with E-state index in [1.54, 1.807) is 34.0 Å². The highest BCUT2D eigenvalue weighted by molar-refractivity contribution is 6.34. The van der Waals surface area contributed by atoms with Crippen LogP contribution in [0.1, 0.15) is 10.4 Å². The molecule has 1 N–H and O–H groups in total. The Hall–Kier alpha value is -3.23. The van der Waals surface area contributed by atoms with Crippen molar-refractivity contribution in [3.63, 3.8) is 0 Å². The van der Waals surface area contributed by atoms with Crippen LogP contribution in [-0.2, 0) is 4.74 Å². The molecule has 8 nitrogen and oxygen atoms in total. The van der Waals surface area contributed by atoms with E-state index >= 15 is 0 Å². The van der Waals surface area contributed by atoms with Crippen molar-refractivity contribution in [3.05, 3.63) is 59.2 Å². The molecule has 5 rings (SSSR count). The van der Waals surface area contributed by atoms with Crippen LogP contribution in [0.2, 0.25) is 5.02 Å². The highest BCUT2D eigenvalue weighted by Gasteiger charge is 2.21. The fourth-order valence-corrected chi connectivity index (χ4v) is 3.67. The summed E-state index contributed by atoms with van der Waals surface area (Å²) in [6, 6.07) is 13.1. The number of rotatable bonds is 3. The molecule has 4 aromatic rings. The lowest BCUT2D eigenvalue weighted by Gasteiger charge is -2.27. The molecule has 0 unspecified atom stereocenters. The molecule has 1 amide bonds. The summed E-state index contributed by atoms with van der Waals surface area (Å²) in [5, 5.41) is 17.1. The average Bonchev–Trinajstić information content (AvgIpc) is 3.41. The fourth-order valence-electron chi connectivity index (χ4n) is 3.41. The van der Waals surface area contributed by atoms with Crippen LogP contribution < -0.4 is 0 Å². The van der Waals surface area contributed by atoms with Crippen molar-refractivity contribution >= 4 is 28.4 Å². The number of hydrogen-bond acceptors (Lipinski definition) is 5. The molecule has 3 heterocycles. The maximum absolute atomic E-state index is 12.7. The van der Waals surface area contributed by atoms with E-state index in [-0.39, 0.29) is 5.91 Å². The number of morpholine rings is 1. The minimum absolute atomic E-state index is 0.0906. The molecule has 1 fully saturated rings. The molecule has 0 spiro atoms. The summed E-state index contributed by atoms with van der Waals surface area (Å²) in [4.78, 5) is 14.4. The first-order valence-electron chi connectivity index (χ1n) is 9.23. The van der Waals surface area contributed by atoms with Crippen molar-refractivity contribution in [2.45, 2.75) is 0 Å². The first kappa shape index (κ1) is 17.8. The maximum atomic E-state index is 12.7. The van der Waals surface area contributed by atoms with E-state index in [9.17, 15) is 4.79 Å². The lowest BCUT2D eigenvalue weighted by molar-refractivity contribution is 0.0303. The number of benzene rings is 2. The molecule has 9 heteroatoms. The second-order valence-electron chi connectivity index (χ2n) is 6.73. The molecule has 1 saturated heterocycles. The Labute approximate surface area is 171 Å². The average molecular weight is 409 g/mol. The zero-order chi connectivity index (χ0) is 19.8. The number of amides is 1. The third-order valence-corrected chi connectivity index (χ3v) is 5.26. The number of ether oxygens (including phenoxy) is 1. The molecule has 0 saturated carbocycles. The second kappa shape index (κ2) is 7.31. The number of carbonyl (C=O) groups excluding carboxylic acids is 1. The Balaban J connectivity index is 1.43. The highest BCUT2D eigenvalue weighted by atomic mass is 35.5. The van der Waals surface area contributed by atoms with Gasteiger partial charge in [-0.2, -0.15) is 5.10 Å². The third kappa shape index (κ3) is 3.26. The van der Waals surface area contributed by atoms with Gasteiger partial charge in [0.1, 0.15) is 11.4 Å². The first-order chi connectivity index (χ1) is 14.2. The Bertz CT molecular complexity index is 1190. The largest absolute Gasteiger partial charge is 0.378 e. The van der Waals surface area contributed by atoms with E-state index in [2.05, 4.69) is 20.5 Å². The van der Waals surface area contributed by atoms with Crippen LogP contribution in [0.4, 0.5) is 0 Å². The first-order valence-corrected chi connectivity index (χ1v) is 9.61. The summed E-state index contributed by atoms with van der Waals surface area (Å²) in [5.41, 5.74) is 3.50. The topological polar surface area (TPSA) is 88.9 Å². The van der Waals surface area contributed by atoms with Gasteiger partial charge in [-0.3, -0.25) is 9.89 Å². The molecule has 0 aliphatic carbocycles. The minimum atomic E-state index is -0.0906. The number of aromatic amines is 1. The number of aromatic nitrogens is 5. The van der Waals surface area contributed by atoms with Gasteiger partial charge in [0.25, 0.3) is 5.91 Å². The molecular formula is C20H17ClN6O2. The standard InChI is InChI=1S/C20H17ClN6O2/c21-16-11-13(5-6-14(16)20(28)26-7-9-29-10-8-26)27-12-18(23-25-27)19-15-3-1-2-4-17(15)22-24-19/h1-6,11-12H,7-10H2,(H,22,24). The van der Waals surface area contributed by atoms with Gasteiger partial charge < -0.3 is 9.64 Å². The van der Waals surface area contributed by atoms with E-state index < -0.39 is 0 Å². The van der Waals surface area contributed by atoms with Gasteiger partial charge in [0, 0.05) is 18.5 Å². The smallest absolute Gasteiger partial charge is 0.255 e. The summed E-state index contributed by atoms with van der Waals surface area (Å²) in [7, 11) is 0. The zero-order valence-corrected chi connectivity index (χ0v) is 16.1. The van der Waals surface area contributed by atoms with E-state index in [4.69, 9.17) is 16.3 Å². The van der Waals surface area contributed by atoms with Crippen molar-refractivity contribution in [1.82, 2.24) is 30.1 Å². The summed E-state index contributed by atoms with van der Waals surface area (Å²) in [6.45, 7) is 2.23. The van der Waals surface area contributed by atoms with Crippen molar-refractivity contribution in [2.24, 2.45) is 0 Å². The van der Waals surface area contributed by atoms with E-state index in [1.165, 1.54) is 0 Å². The number of nitrogens with zero attached hydrogens (tertiary/aromatic N) is 5. The molecule has 0 atom stereocenters. The predicted octanol–water partition coefficient (Wildman–Crippen LogP) is 2.94. The SMILES string of the molecule is O=C(c1ccc(-n2cc(-c3n[nH]c4ccccc34)nn2)cc1Cl)N1CCOCC1. The summed E-state index contributed by atoms with van der Waals surface area (Å²) < 4.78 is 6.92. The lowest BCUT2D eigenvalue weighted by atomic mass is 10.1. The minimum Gasteiger partial charge on any atom is -0.378 e. The predicted molar refractivity (Wildman–Crippen MR) is 108 cm³/mol. The van der Waals surface area contributed by atoms with Gasteiger partial charge in [0.05, 0.1) is 41.2 Å². The number of hydrogen-bond donors (Lipinski definition) is 1. The Morgan fingerprint density at radius 2 is 1.97 bits per heavy atom. The molecule has 0 radical (unpaired) electrons. The van der Waals surface area contributed by atoms with Gasteiger partial charge in [-0.15, -0.1) is 5.10 Å². The Morgan fingerprint density at radius 3 is 2.79 bits per heavy atom. The van der Waals surface area contributed by atoms with Crippen LogP contribution in [0.3, 0.4) is 0 Å². The van der Waals surface area contributed by atoms with Crippen molar-refractivity contribution in [2.75, 3.05) is 26.3 Å². The molecule has 2 aromatic heterocycles. The van der Waals surface area contributed by atoms with Crippen LogP contribution in [0.5, 0.6) is 0 Å². The Kier molecular flexibility index (Phi) is 4.49. The highest BCUT2D eigenvalue weighted by Crippen LogP contribution is 2.26. The maximum Gasteiger partial charge on any atom is 0.255 e. The Morgan fingerprint density at radius 1 is 1.14 bits per heavy atom. The summed E-state index contributed by atoms with van der Waals surface area (Å²) >= 11 is 6.42. The monoisotopic (exact) mass is 408 g/mol. The molecule has 29 heavy (non-hydrogen) atoms. The van der Waals surface area contributed by atoms with Gasteiger partial charge in [-0.1, -0.05) is 35.0 Å². The lowest BCUT2D eigenvalue weighted by Crippen LogP contribution is -2.40. The zero-order valence-electron chi connectivity index (χ0n) is 15.4. The van der Waals surface area contributed by atoms with E-state index in [0.29, 0.717) is 48.3 Å². The number of para-hydroxylation sites is 1. The molecule has 0 bridgehead atoms. The van der Waals surface area contributed by atoms with Gasteiger partial charge in [-0.25, -0.2) is 4.68 Å². The number of carbonyl (C=O) groups is 1. The van der Waals surface area contributed by atoms with Crippen LogP contribution in [0.15, 0.2) is 48.7 Å². The van der Waals surface area contributed by atoms with Crippen LogP contribution in [-0.4, -0.2) is 62.3 Å². The fraction of sp³-hybridized carbons (Fsp3) is 0.200. The summed E-state index contributed by atoms with van der Waals surface area (Å²) in [5.74, 6) is -0.0906. The van der Waals surface area contributed by atoms with Crippen LogP contribution >= 0.6 is 11.6 Å². The third-order valence-electron chi connectivity index (χ3n) is 4.95. The van der Waals surface area contributed by atoms with Gasteiger partial charge >= 0.3 is 0 Å².